The van der Waals surface area contributed by atoms with Crippen LogP contribution in [-0.2, 0) is 6.61 Å². The molecule has 0 bridgehead atoms. The summed E-state index contributed by atoms with van der Waals surface area (Å²) in [6.45, 7) is 1.83. The number of aliphatic hydroxyl groups excluding tert-OH is 1. The summed E-state index contributed by atoms with van der Waals surface area (Å²) in [5, 5.41) is 9.06. The first-order valence-electron chi connectivity index (χ1n) is 6.03. The van der Waals surface area contributed by atoms with E-state index in [-0.39, 0.29) is 12.4 Å². The zero-order chi connectivity index (χ0) is 13.4. The van der Waals surface area contributed by atoms with E-state index in [1.165, 1.54) is 12.1 Å². The molecule has 4 heteroatoms. The highest BCUT2D eigenvalue weighted by atomic mass is 19.1. The summed E-state index contributed by atoms with van der Waals surface area (Å²) in [5.41, 5.74) is 4.44. The highest BCUT2D eigenvalue weighted by Crippen LogP contribution is 2.27. The number of rotatable bonds is 2. The van der Waals surface area contributed by atoms with E-state index in [0.717, 1.165) is 27.7 Å². The lowest BCUT2D eigenvalue weighted by Gasteiger charge is -2.06. The summed E-state index contributed by atoms with van der Waals surface area (Å²) >= 11 is 0. The van der Waals surface area contributed by atoms with Crippen molar-refractivity contribution in [3.05, 3.63) is 53.6 Å². The molecular formula is C15H13FN2O. The van der Waals surface area contributed by atoms with Gasteiger partial charge in [0.05, 0.1) is 11.0 Å². The molecule has 0 aliphatic rings. The molecule has 2 aromatic carbocycles. The lowest BCUT2D eigenvalue weighted by Crippen LogP contribution is -1.85. The van der Waals surface area contributed by atoms with Crippen LogP contribution in [0.3, 0.4) is 0 Å². The van der Waals surface area contributed by atoms with Gasteiger partial charge >= 0.3 is 0 Å². The number of fused-ring (bicyclic) bond motifs is 1. The smallest absolute Gasteiger partial charge is 0.133 e. The Balaban J connectivity index is 2.16. The number of aromatic nitrogens is 2. The second kappa shape index (κ2) is 4.48. The maximum Gasteiger partial charge on any atom is 0.133 e. The molecule has 0 aliphatic carbocycles. The fraction of sp³-hybridized carbons (Fsp3) is 0.133. The summed E-state index contributed by atoms with van der Waals surface area (Å²) in [6, 6.07) is 10.4. The quantitative estimate of drug-likeness (QED) is 0.740. The zero-order valence-corrected chi connectivity index (χ0v) is 10.4. The van der Waals surface area contributed by atoms with Gasteiger partial charge < -0.3 is 10.1 Å². The lowest BCUT2D eigenvalue weighted by molar-refractivity contribution is 0.273. The number of halogens is 1. The fourth-order valence-electron chi connectivity index (χ4n) is 2.21. The lowest BCUT2D eigenvalue weighted by atomic mass is 10.00. The highest BCUT2D eigenvalue weighted by molar-refractivity contribution is 5.82. The van der Waals surface area contributed by atoms with Gasteiger partial charge in [-0.05, 0) is 47.9 Å². The molecule has 0 saturated carbocycles. The number of H-pyrrole nitrogens is 1. The number of aromatic amines is 1. The van der Waals surface area contributed by atoms with Gasteiger partial charge in [0.25, 0.3) is 0 Å². The highest BCUT2D eigenvalue weighted by Gasteiger charge is 2.07. The Kier molecular flexibility index (Phi) is 2.80. The molecule has 0 amide bonds. The summed E-state index contributed by atoms with van der Waals surface area (Å²) < 4.78 is 13.4. The molecule has 1 heterocycles. The minimum absolute atomic E-state index is 0.122. The van der Waals surface area contributed by atoms with Gasteiger partial charge in [-0.3, -0.25) is 0 Å². The van der Waals surface area contributed by atoms with Gasteiger partial charge in [-0.2, -0.15) is 0 Å². The van der Waals surface area contributed by atoms with E-state index >= 15 is 0 Å². The second-order valence-electron chi connectivity index (χ2n) is 4.53. The van der Waals surface area contributed by atoms with Crippen LogP contribution in [0.4, 0.5) is 4.39 Å². The van der Waals surface area contributed by atoms with Crippen molar-refractivity contribution in [2.75, 3.05) is 0 Å². The van der Waals surface area contributed by atoms with Crippen molar-refractivity contribution >= 4 is 11.0 Å². The predicted molar refractivity (Wildman–Crippen MR) is 72.1 cm³/mol. The maximum absolute atomic E-state index is 13.4. The molecule has 0 aliphatic heterocycles. The molecule has 3 aromatic rings. The third-order valence-corrected chi connectivity index (χ3v) is 3.19. The number of benzene rings is 2. The van der Waals surface area contributed by atoms with Gasteiger partial charge in [-0.25, -0.2) is 9.37 Å². The van der Waals surface area contributed by atoms with E-state index in [9.17, 15) is 4.39 Å². The SMILES string of the molecule is Cc1ccc(F)cc1-c1ccc2nc(CO)[nH]c2c1. The average molecular weight is 256 g/mol. The van der Waals surface area contributed by atoms with E-state index in [1.54, 1.807) is 6.07 Å². The molecule has 2 N–H and O–H groups in total. The zero-order valence-electron chi connectivity index (χ0n) is 10.4. The van der Waals surface area contributed by atoms with Gasteiger partial charge in [0.2, 0.25) is 0 Å². The minimum Gasteiger partial charge on any atom is -0.388 e. The maximum atomic E-state index is 13.4. The molecule has 0 spiro atoms. The molecule has 0 atom stereocenters. The van der Waals surface area contributed by atoms with Crippen LogP contribution in [0.15, 0.2) is 36.4 Å². The number of hydrogen-bond donors (Lipinski definition) is 2. The molecule has 0 unspecified atom stereocenters. The molecule has 3 rings (SSSR count). The number of imidazole rings is 1. The Hall–Kier alpha value is -2.20. The van der Waals surface area contributed by atoms with Crippen molar-refractivity contribution < 1.29 is 9.50 Å². The van der Waals surface area contributed by atoms with Crippen LogP contribution in [0.25, 0.3) is 22.2 Å². The fourth-order valence-corrected chi connectivity index (χ4v) is 2.21. The summed E-state index contributed by atoms with van der Waals surface area (Å²) in [5.74, 6) is 0.282. The van der Waals surface area contributed by atoms with Crippen LogP contribution < -0.4 is 0 Å². The van der Waals surface area contributed by atoms with E-state index in [4.69, 9.17) is 5.11 Å². The molecule has 0 saturated heterocycles. The number of hydrogen-bond acceptors (Lipinski definition) is 2. The van der Waals surface area contributed by atoms with E-state index in [1.807, 2.05) is 25.1 Å². The number of nitrogens with one attached hydrogen (secondary N) is 1. The van der Waals surface area contributed by atoms with Crippen molar-refractivity contribution in [1.82, 2.24) is 9.97 Å². The van der Waals surface area contributed by atoms with Gasteiger partial charge in [0.1, 0.15) is 18.2 Å². The first-order valence-corrected chi connectivity index (χ1v) is 6.03. The normalized spacial score (nSPS) is 11.1. The largest absolute Gasteiger partial charge is 0.388 e. The van der Waals surface area contributed by atoms with Crippen LogP contribution in [0.2, 0.25) is 0 Å². The Morgan fingerprint density at radius 3 is 2.84 bits per heavy atom. The van der Waals surface area contributed by atoms with Gasteiger partial charge in [0, 0.05) is 0 Å². The molecule has 1 aromatic heterocycles. The molecular weight excluding hydrogens is 243 g/mol. The van der Waals surface area contributed by atoms with E-state index in [0.29, 0.717) is 5.82 Å². The first-order chi connectivity index (χ1) is 9.17. The van der Waals surface area contributed by atoms with Gasteiger partial charge in [-0.15, -0.1) is 0 Å². The van der Waals surface area contributed by atoms with Crippen LogP contribution >= 0.6 is 0 Å². The third kappa shape index (κ3) is 2.11. The van der Waals surface area contributed by atoms with Crippen molar-refractivity contribution in [1.29, 1.82) is 0 Å². The summed E-state index contributed by atoms with van der Waals surface area (Å²) in [7, 11) is 0. The second-order valence-corrected chi connectivity index (χ2v) is 4.53. The molecule has 0 fully saturated rings. The summed E-state index contributed by atoms with van der Waals surface area (Å²) in [4.78, 5) is 7.26. The molecule has 0 radical (unpaired) electrons. The van der Waals surface area contributed by atoms with Crippen molar-refractivity contribution in [3.8, 4) is 11.1 Å². The van der Waals surface area contributed by atoms with Crippen molar-refractivity contribution in [2.45, 2.75) is 13.5 Å². The van der Waals surface area contributed by atoms with Crippen LogP contribution in [0.5, 0.6) is 0 Å². The third-order valence-electron chi connectivity index (χ3n) is 3.19. The Morgan fingerprint density at radius 1 is 1.21 bits per heavy atom. The molecule has 19 heavy (non-hydrogen) atoms. The molecule has 3 nitrogen and oxygen atoms in total. The number of aliphatic hydroxyl groups is 1. The molecule has 96 valence electrons. The van der Waals surface area contributed by atoms with E-state index in [2.05, 4.69) is 9.97 Å². The van der Waals surface area contributed by atoms with Crippen LogP contribution in [-0.4, -0.2) is 15.1 Å². The van der Waals surface area contributed by atoms with Crippen LogP contribution in [0.1, 0.15) is 11.4 Å². The first kappa shape index (κ1) is 11.9. The monoisotopic (exact) mass is 256 g/mol. The van der Waals surface area contributed by atoms with Crippen LogP contribution in [0, 0.1) is 12.7 Å². The van der Waals surface area contributed by atoms with Gasteiger partial charge in [-0.1, -0.05) is 12.1 Å². The Bertz CT molecular complexity index is 749. The number of aryl methyl sites for hydroxylation is 1. The standard InChI is InChI=1S/C15H13FN2O/c1-9-2-4-11(16)7-12(9)10-3-5-13-14(6-10)18-15(8-19)17-13/h2-7,19H,8H2,1H3,(H,17,18). The average Bonchev–Trinajstić information content (AvgIpc) is 2.83. The van der Waals surface area contributed by atoms with Crippen molar-refractivity contribution in [3.63, 3.8) is 0 Å². The Labute approximate surface area is 109 Å². The summed E-state index contributed by atoms with van der Waals surface area (Å²) in [6.07, 6.45) is 0. The predicted octanol–water partition coefficient (Wildman–Crippen LogP) is 3.17. The van der Waals surface area contributed by atoms with E-state index < -0.39 is 0 Å². The van der Waals surface area contributed by atoms with Crippen molar-refractivity contribution in [2.24, 2.45) is 0 Å². The minimum atomic E-state index is -0.249. The topological polar surface area (TPSA) is 48.9 Å². The Morgan fingerprint density at radius 2 is 2.05 bits per heavy atom. The number of nitrogens with zero attached hydrogens (tertiary/aromatic N) is 1. The van der Waals surface area contributed by atoms with Gasteiger partial charge in [0.15, 0.2) is 0 Å².